The lowest BCUT2D eigenvalue weighted by Gasteiger charge is -2.28. The molecule has 0 aromatic heterocycles. The first-order chi connectivity index (χ1) is 9.24. The van der Waals surface area contributed by atoms with Gasteiger partial charge in [0.05, 0.1) is 0 Å². The minimum atomic E-state index is -4.41. The van der Waals surface area contributed by atoms with Crippen molar-refractivity contribution in [2.75, 3.05) is 13.1 Å². The lowest BCUT2D eigenvalue weighted by Crippen LogP contribution is -2.43. The third-order valence-corrected chi connectivity index (χ3v) is 2.84. The van der Waals surface area contributed by atoms with Crippen molar-refractivity contribution >= 4 is 5.91 Å². The third-order valence-electron chi connectivity index (χ3n) is 2.84. The highest BCUT2D eigenvalue weighted by Gasteiger charge is 2.34. The average molecular weight is 288 g/mol. The molecule has 0 aliphatic rings. The normalized spacial score (nSPS) is 11.8. The first-order valence-electron chi connectivity index (χ1n) is 6.41. The van der Waals surface area contributed by atoms with Gasteiger partial charge < -0.3 is 10.6 Å². The van der Waals surface area contributed by atoms with Crippen molar-refractivity contribution in [3.63, 3.8) is 0 Å². The van der Waals surface area contributed by atoms with Gasteiger partial charge >= 0.3 is 6.18 Å². The summed E-state index contributed by atoms with van der Waals surface area (Å²) in [5.41, 5.74) is 6.53. The van der Waals surface area contributed by atoms with E-state index in [0.29, 0.717) is 13.0 Å². The van der Waals surface area contributed by atoms with Crippen LogP contribution in [0.25, 0.3) is 0 Å². The van der Waals surface area contributed by atoms with E-state index >= 15 is 0 Å². The Morgan fingerprint density at radius 1 is 1.35 bits per heavy atom. The predicted octanol–water partition coefficient (Wildman–Crippen LogP) is 2.60. The van der Waals surface area contributed by atoms with Crippen LogP contribution in [-0.2, 0) is 6.42 Å². The van der Waals surface area contributed by atoms with Gasteiger partial charge in [0.2, 0.25) is 0 Å². The summed E-state index contributed by atoms with van der Waals surface area (Å²) in [6, 6.07) is 6.05. The monoisotopic (exact) mass is 288 g/mol. The fourth-order valence-electron chi connectivity index (χ4n) is 1.87. The standard InChI is InChI=1S/C14H19F3N2O/c1-10(2)19(9-14(15,16)17)13(20)12-5-3-4-11(8-12)6-7-18/h3-5,8,10H,6-7,9,18H2,1-2H3. The molecule has 0 aliphatic carbocycles. The largest absolute Gasteiger partial charge is 0.406 e. The molecule has 1 aromatic carbocycles. The third kappa shape index (κ3) is 4.85. The van der Waals surface area contributed by atoms with E-state index in [1.165, 1.54) is 6.07 Å². The summed E-state index contributed by atoms with van der Waals surface area (Å²) in [4.78, 5) is 13.0. The SMILES string of the molecule is CC(C)N(CC(F)(F)F)C(=O)c1cccc(CCN)c1. The Morgan fingerprint density at radius 2 is 2.00 bits per heavy atom. The van der Waals surface area contributed by atoms with Gasteiger partial charge in [0, 0.05) is 11.6 Å². The molecular formula is C14H19F3N2O. The zero-order valence-electron chi connectivity index (χ0n) is 11.6. The molecule has 0 fully saturated rings. The van der Waals surface area contributed by atoms with Crippen LogP contribution in [0.3, 0.4) is 0 Å². The number of hydrogen-bond acceptors (Lipinski definition) is 2. The molecule has 0 aliphatic heterocycles. The number of rotatable bonds is 5. The van der Waals surface area contributed by atoms with Gasteiger partial charge in [-0.25, -0.2) is 0 Å². The molecule has 6 heteroatoms. The fraction of sp³-hybridized carbons (Fsp3) is 0.500. The summed E-state index contributed by atoms with van der Waals surface area (Å²) in [7, 11) is 0. The lowest BCUT2D eigenvalue weighted by molar-refractivity contribution is -0.143. The number of carbonyl (C=O) groups is 1. The van der Waals surface area contributed by atoms with Crippen LogP contribution in [0.2, 0.25) is 0 Å². The number of halogens is 3. The Bertz CT molecular complexity index is 458. The van der Waals surface area contributed by atoms with E-state index in [-0.39, 0.29) is 5.56 Å². The lowest BCUT2D eigenvalue weighted by atomic mass is 10.1. The highest BCUT2D eigenvalue weighted by Crippen LogP contribution is 2.20. The first-order valence-corrected chi connectivity index (χ1v) is 6.41. The Labute approximate surface area is 116 Å². The van der Waals surface area contributed by atoms with Crippen molar-refractivity contribution in [3.05, 3.63) is 35.4 Å². The average Bonchev–Trinajstić information content (AvgIpc) is 2.34. The van der Waals surface area contributed by atoms with Gasteiger partial charge in [-0.1, -0.05) is 12.1 Å². The van der Waals surface area contributed by atoms with Crippen molar-refractivity contribution in [3.8, 4) is 0 Å². The number of benzene rings is 1. The van der Waals surface area contributed by atoms with Gasteiger partial charge in [-0.2, -0.15) is 13.2 Å². The van der Waals surface area contributed by atoms with E-state index in [0.717, 1.165) is 10.5 Å². The molecule has 1 aromatic rings. The highest BCUT2D eigenvalue weighted by molar-refractivity contribution is 5.94. The van der Waals surface area contributed by atoms with Gasteiger partial charge in [-0.3, -0.25) is 4.79 Å². The second-order valence-corrected chi connectivity index (χ2v) is 4.88. The molecule has 1 rings (SSSR count). The zero-order valence-corrected chi connectivity index (χ0v) is 11.6. The van der Waals surface area contributed by atoms with Crippen molar-refractivity contribution in [2.24, 2.45) is 5.73 Å². The first kappa shape index (κ1) is 16.5. The van der Waals surface area contributed by atoms with Gasteiger partial charge in [0.1, 0.15) is 6.54 Å². The van der Waals surface area contributed by atoms with Crippen LogP contribution in [0.4, 0.5) is 13.2 Å². The Hall–Kier alpha value is -1.56. The second kappa shape index (κ2) is 6.74. The maximum absolute atomic E-state index is 12.5. The molecule has 0 atom stereocenters. The van der Waals surface area contributed by atoms with Gasteiger partial charge in [0.25, 0.3) is 5.91 Å². The Kier molecular flexibility index (Phi) is 5.56. The smallest absolute Gasteiger partial charge is 0.330 e. The quantitative estimate of drug-likeness (QED) is 0.905. The predicted molar refractivity (Wildman–Crippen MR) is 71.4 cm³/mol. The summed E-state index contributed by atoms with van der Waals surface area (Å²) >= 11 is 0. The number of nitrogens with zero attached hydrogens (tertiary/aromatic N) is 1. The van der Waals surface area contributed by atoms with Crippen LogP contribution in [0, 0.1) is 0 Å². The maximum Gasteiger partial charge on any atom is 0.406 e. The van der Waals surface area contributed by atoms with E-state index < -0.39 is 24.7 Å². The highest BCUT2D eigenvalue weighted by atomic mass is 19.4. The van der Waals surface area contributed by atoms with Gasteiger partial charge in [-0.05, 0) is 44.5 Å². The molecule has 20 heavy (non-hydrogen) atoms. The van der Waals surface area contributed by atoms with E-state index in [9.17, 15) is 18.0 Å². The van der Waals surface area contributed by atoms with Crippen molar-refractivity contribution in [1.82, 2.24) is 4.90 Å². The van der Waals surface area contributed by atoms with E-state index in [2.05, 4.69) is 0 Å². The second-order valence-electron chi connectivity index (χ2n) is 4.88. The van der Waals surface area contributed by atoms with Crippen molar-refractivity contribution in [2.45, 2.75) is 32.5 Å². The Balaban J connectivity index is 2.97. The van der Waals surface area contributed by atoms with E-state index in [1.807, 2.05) is 0 Å². The summed E-state index contributed by atoms with van der Waals surface area (Å²) in [6.45, 7) is 2.31. The van der Waals surface area contributed by atoms with Crippen LogP contribution in [-0.4, -0.2) is 36.1 Å². The maximum atomic E-state index is 12.5. The summed E-state index contributed by atoms with van der Waals surface area (Å²) < 4.78 is 37.6. The molecule has 0 saturated heterocycles. The summed E-state index contributed by atoms with van der Waals surface area (Å²) in [5, 5.41) is 0. The minimum Gasteiger partial charge on any atom is -0.330 e. The molecule has 0 spiro atoms. The molecule has 0 bridgehead atoms. The number of alkyl halides is 3. The van der Waals surface area contributed by atoms with Crippen LogP contribution < -0.4 is 5.73 Å². The summed E-state index contributed by atoms with van der Waals surface area (Å²) in [6.07, 6.45) is -3.82. The van der Waals surface area contributed by atoms with Crippen molar-refractivity contribution < 1.29 is 18.0 Å². The molecule has 112 valence electrons. The molecule has 0 saturated carbocycles. The van der Waals surface area contributed by atoms with Crippen LogP contribution in [0.1, 0.15) is 29.8 Å². The molecule has 0 heterocycles. The Morgan fingerprint density at radius 3 is 2.50 bits per heavy atom. The number of nitrogens with two attached hydrogens (primary N) is 1. The van der Waals surface area contributed by atoms with Crippen LogP contribution >= 0.6 is 0 Å². The minimum absolute atomic E-state index is 0.258. The van der Waals surface area contributed by atoms with Crippen LogP contribution in [0.5, 0.6) is 0 Å². The van der Waals surface area contributed by atoms with Crippen molar-refractivity contribution in [1.29, 1.82) is 0 Å². The topological polar surface area (TPSA) is 46.3 Å². The molecule has 2 N–H and O–H groups in total. The molecule has 0 radical (unpaired) electrons. The molecular weight excluding hydrogens is 269 g/mol. The van der Waals surface area contributed by atoms with E-state index in [4.69, 9.17) is 5.73 Å². The summed E-state index contributed by atoms with van der Waals surface area (Å²) in [5.74, 6) is -0.615. The van der Waals surface area contributed by atoms with E-state index in [1.54, 1.807) is 32.0 Å². The molecule has 1 amide bonds. The van der Waals surface area contributed by atoms with Crippen LogP contribution in [0.15, 0.2) is 24.3 Å². The number of hydrogen-bond donors (Lipinski definition) is 1. The number of carbonyl (C=O) groups excluding carboxylic acids is 1. The van der Waals surface area contributed by atoms with Gasteiger partial charge in [0.15, 0.2) is 0 Å². The zero-order chi connectivity index (χ0) is 15.3. The molecule has 3 nitrogen and oxygen atoms in total. The molecule has 0 unspecified atom stereocenters. The number of amides is 1. The van der Waals surface area contributed by atoms with Gasteiger partial charge in [-0.15, -0.1) is 0 Å². The fourth-order valence-corrected chi connectivity index (χ4v) is 1.87.